The Morgan fingerprint density at radius 1 is 1.58 bits per heavy atom. The van der Waals surface area contributed by atoms with Crippen LogP contribution in [0.15, 0.2) is 18.2 Å². The molecule has 1 aromatic carbocycles. The first-order valence-corrected chi connectivity index (χ1v) is 5.58. The highest BCUT2D eigenvalue weighted by Gasteiger charge is 2.23. The Balaban J connectivity index is 2.06. The van der Waals surface area contributed by atoms with Gasteiger partial charge in [-0.2, -0.15) is 0 Å². The van der Waals surface area contributed by atoms with E-state index in [2.05, 4.69) is 5.32 Å². The van der Waals surface area contributed by atoms with E-state index in [4.69, 9.17) is 19.3 Å². The number of alkyl carbamates (subject to hydrolysis) is 1. The summed E-state index contributed by atoms with van der Waals surface area (Å²) in [6.45, 7) is 0.433. The lowest BCUT2D eigenvalue weighted by molar-refractivity contribution is 0.0683. The molecule has 19 heavy (non-hydrogen) atoms. The summed E-state index contributed by atoms with van der Waals surface area (Å²) in [6.07, 6.45) is -0.918. The molecular formula is C12H13NO6. The molecule has 1 aliphatic rings. The summed E-state index contributed by atoms with van der Waals surface area (Å²) in [4.78, 5) is 21.9. The number of benzene rings is 1. The van der Waals surface area contributed by atoms with Crippen LogP contribution in [0.25, 0.3) is 0 Å². The summed E-state index contributed by atoms with van der Waals surface area (Å²) >= 11 is 0. The Morgan fingerprint density at radius 2 is 2.37 bits per heavy atom. The second-order valence-electron chi connectivity index (χ2n) is 3.89. The molecule has 7 nitrogen and oxygen atoms in total. The standard InChI is InChI=1S/C12H13NO6/c1-17-7-2-3-10(9(4-7)11(14)15)18-6-8-5-13-12(16)19-8/h2-4,8H,5-6H2,1H3,(H,13,16)(H,14,15). The van der Waals surface area contributed by atoms with E-state index in [0.29, 0.717) is 12.3 Å². The van der Waals surface area contributed by atoms with Gasteiger partial charge in [0.15, 0.2) is 6.10 Å². The molecule has 0 spiro atoms. The number of carboxylic acids is 1. The zero-order chi connectivity index (χ0) is 13.8. The molecule has 1 unspecified atom stereocenters. The zero-order valence-electron chi connectivity index (χ0n) is 10.2. The van der Waals surface area contributed by atoms with Gasteiger partial charge in [-0.1, -0.05) is 0 Å². The topological polar surface area (TPSA) is 94.1 Å². The number of aromatic carboxylic acids is 1. The fourth-order valence-electron chi connectivity index (χ4n) is 1.64. The van der Waals surface area contributed by atoms with E-state index in [1.165, 1.54) is 19.2 Å². The Kier molecular flexibility index (Phi) is 3.74. The molecule has 1 atom stereocenters. The number of hydrogen-bond acceptors (Lipinski definition) is 5. The normalized spacial score (nSPS) is 17.5. The van der Waals surface area contributed by atoms with Gasteiger partial charge in [-0.25, -0.2) is 9.59 Å². The van der Waals surface area contributed by atoms with Crippen molar-refractivity contribution in [2.45, 2.75) is 6.10 Å². The molecule has 0 aromatic heterocycles. The maximum absolute atomic E-state index is 11.1. The Labute approximate surface area is 109 Å². The van der Waals surface area contributed by atoms with Crippen LogP contribution in [0.2, 0.25) is 0 Å². The summed E-state index contributed by atoms with van der Waals surface area (Å²) in [5.74, 6) is -0.481. The predicted molar refractivity (Wildman–Crippen MR) is 63.7 cm³/mol. The minimum absolute atomic E-state index is 0.00312. The van der Waals surface area contributed by atoms with Gasteiger partial charge in [0.05, 0.1) is 13.7 Å². The fourth-order valence-corrected chi connectivity index (χ4v) is 1.64. The molecule has 0 saturated carbocycles. The molecule has 0 bridgehead atoms. The number of hydrogen-bond donors (Lipinski definition) is 2. The van der Waals surface area contributed by atoms with Crippen molar-refractivity contribution in [3.63, 3.8) is 0 Å². The molecule has 1 amide bonds. The first-order valence-electron chi connectivity index (χ1n) is 5.58. The molecule has 1 heterocycles. The number of methoxy groups -OCH3 is 1. The molecule has 1 aliphatic heterocycles. The van der Waals surface area contributed by atoms with Crippen molar-refractivity contribution in [3.8, 4) is 11.5 Å². The van der Waals surface area contributed by atoms with Crippen molar-refractivity contribution in [2.75, 3.05) is 20.3 Å². The number of ether oxygens (including phenoxy) is 3. The van der Waals surface area contributed by atoms with Gasteiger partial charge in [0, 0.05) is 0 Å². The average molecular weight is 267 g/mol. The Bertz CT molecular complexity index is 501. The summed E-state index contributed by atoms with van der Waals surface area (Å²) in [5.41, 5.74) is -0.00312. The van der Waals surface area contributed by atoms with Gasteiger partial charge in [-0.15, -0.1) is 0 Å². The van der Waals surface area contributed by atoms with E-state index in [-0.39, 0.29) is 17.9 Å². The van der Waals surface area contributed by atoms with E-state index >= 15 is 0 Å². The molecule has 1 saturated heterocycles. The second-order valence-corrected chi connectivity index (χ2v) is 3.89. The van der Waals surface area contributed by atoms with Crippen molar-refractivity contribution in [3.05, 3.63) is 23.8 Å². The van der Waals surface area contributed by atoms with Crippen LogP contribution in [0.4, 0.5) is 4.79 Å². The predicted octanol–water partition coefficient (Wildman–Crippen LogP) is 0.881. The molecule has 2 rings (SSSR count). The summed E-state index contributed by atoms with van der Waals surface area (Å²) in [6, 6.07) is 4.48. The number of carbonyl (C=O) groups is 2. The Morgan fingerprint density at radius 3 is 2.95 bits per heavy atom. The van der Waals surface area contributed by atoms with E-state index in [1.807, 2.05) is 0 Å². The number of rotatable bonds is 5. The lowest BCUT2D eigenvalue weighted by Gasteiger charge is -2.12. The molecular weight excluding hydrogens is 254 g/mol. The van der Waals surface area contributed by atoms with Crippen LogP contribution in [-0.4, -0.2) is 43.5 Å². The highest BCUT2D eigenvalue weighted by Crippen LogP contribution is 2.24. The van der Waals surface area contributed by atoms with Crippen LogP contribution in [0, 0.1) is 0 Å². The SMILES string of the molecule is COc1ccc(OCC2CNC(=O)O2)c(C(=O)O)c1. The van der Waals surface area contributed by atoms with Crippen molar-refractivity contribution in [1.29, 1.82) is 0 Å². The van der Waals surface area contributed by atoms with Gasteiger partial charge in [0.25, 0.3) is 0 Å². The molecule has 2 N–H and O–H groups in total. The van der Waals surface area contributed by atoms with Crippen molar-refractivity contribution in [1.82, 2.24) is 5.32 Å². The van der Waals surface area contributed by atoms with E-state index in [1.54, 1.807) is 6.07 Å². The fraction of sp³-hybridized carbons (Fsp3) is 0.333. The lowest BCUT2D eigenvalue weighted by Crippen LogP contribution is -2.22. The maximum atomic E-state index is 11.1. The quantitative estimate of drug-likeness (QED) is 0.822. The number of carbonyl (C=O) groups excluding carboxylic acids is 1. The van der Waals surface area contributed by atoms with Crippen molar-refractivity contribution < 1.29 is 28.9 Å². The van der Waals surface area contributed by atoms with Crippen LogP contribution >= 0.6 is 0 Å². The second kappa shape index (κ2) is 5.47. The largest absolute Gasteiger partial charge is 0.497 e. The maximum Gasteiger partial charge on any atom is 0.407 e. The minimum Gasteiger partial charge on any atom is -0.497 e. The van der Waals surface area contributed by atoms with Gasteiger partial charge in [0.1, 0.15) is 23.7 Å². The highest BCUT2D eigenvalue weighted by molar-refractivity contribution is 5.91. The smallest absolute Gasteiger partial charge is 0.407 e. The Hall–Kier alpha value is -2.44. The monoisotopic (exact) mass is 267 g/mol. The first kappa shape index (κ1) is 13.0. The van der Waals surface area contributed by atoms with Crippen LogP contribution in [0.3, 0.4) is 0 Å². The summed E-state index contributed by atoms with van der Waals surface area (Å²) in [5, 5.41) is 11.6. The lowest BCUT2D eigenvalue weighted by atomic mass is 10.2. The molecule has 1 aromatic rings. The van der Waals surface area contributed by atoms with Gasteiger partial charge >= 0.3 is 12.1 Å². The molecule has 7 heteroatoms. The average Bonchev–Trinajstić information content (AvgIpc) is 2.82. The van der Waals surface area contributed by atoms with Crippen LogP contribution in [0.5, 0.6) is 11.5 Å². The zero-order valence-corrected chi connectivity index (χ0v) is 10.2. The number of cyclic esters (lactones) is 1. The minimum atomic E-state index is -1.12. The van der Waals surface area contributed by atoms with E-state index < -0.39 is 18.2 Å². The third-order valence-corrected chi connectivity index (χ3v) is 2.59. The van der Waals surface area contributed by atoms with Crippen LogP contribution < -0.4 is 14.8 Å². The van der Waals surface area contributed by atoms with Crippen LogP contribution in [-0.2, 0) is 4.74 Å². The van der Waals surface area contributed by atoms with Crippen molar-refractivity contribution in [2.24, 2.45) is 0 Å². The summed E-state index contributed by atoms with van der Waals surface area (Å²) in [7, 11) is 1.45. The van der Waals surface area contributed by atoms with Gasteiger partial charge < -0.3 is 24.6 Å². The number of nitrogens with one attached hydrogen (secondary N) is 1. The molecule has 102 valence electrons. The van der Waals surface area contributed by atoms with Gasteiger partial charge in [-0.3, -0.25) is 0 Å². The molecule has 0 aliphatic carbocycles. The molecule has 0 radical (unpaired) electrons. The highest BCUT2D eigenvalue weighted by atomic mass is 16.6. The van der Waals surface area contributed by atoms with Gasteiger partial charge in [0.2, 0.25) is 0 Å². The summed E-state index contributed by atoms with van der Waals surface area (Å²) < 4.78 is 15.2. The van der Waals surface area contributed by atoms with Gasteiger partial charge in [-0.05, 0) is 18.2 Å². The molecule has 1 fully saturated rings. The van der Waals surface area contributed by atoms with Crippen LogP contribution in [0.1, 0.15) is 10.4 Å². The van der Waals surface area contributed by atoms with E-state index in [9.17, 15) is 9.59 Å². The third-order valence-electron chi connectivity index (χ3n) is 2.59. The number of carboxylic acid groups (broad SMARTS) is 1. The number of amides is 1. The van der Waals surface area contributed by atoms with Crippen molar-refractivity contribution >= 4 is 12.1 Å². The van der Waals surface area contributed by atoms with E-state index in [0.717, 1.165) is 0 Å². The first-order chi connectivity index (χ1) is 9.10. The third kappa shape index (κ3) is 3.06.